The van der Waals surface area contributed by atoms with E-state index in [1.807, 2.05) is 0 Å². The first kappa shape index (κ1) is 9.30. The third-order valence-corrected chi connectivity index (χ3v) is 2.29. The number of aromatic nitrogens is 1. The van der Waals surface area contributed by atoms with E-state index in [9.17, 15) is 4.79 Å². The van der Waals surface area contributed by atoms with E-state index in [-0.39, 0.29) is 5.78 Å². The van der Waals surface area contributed by atoms with Crippen molar-refractivity contribution in [3.05, 3.63) is 29.1 Å². The van der Waals surface area contributed by atoms with E-state index < -0.39 is 0 Å². The van der Waals surface area contributed by atoms with Crippen LogP contribution in [-0.2, 0) is 18.0 Å². The van der Waals surface area contributed by atoms with Crippen molar-refractivity contribution < 1.29 is 9.53 Å². The van der Waals surface area contributed by atoms with Crippen molar-refractivity contribution in [2.24, 2.45) is 0 Å². The molecule has 1 aliphatic rings. The molecule has 0 saturated heterocycles. The number of nitrogens with zero attached hydrogens (tertiary/aromatic N) is 1. The number of hydrogen-bond acceptors (Lipinski definition) is 4. The molecule has 1 N–H and O–H groups in total. The first-order chi connectivity index (χ1) is 6.83. The van der Waals surface area contributed by atoms with Crippen molar-refractivity contribution in [2.75, 3.05) is 13.6 Å². The van der Waals surface area contributed by atoms with Gasteiger partial charge in [0.05, 0.1) is 19.8 Å². The second-order valence-electron chi connectivity index (χ2n) is 3.27. The molecule has 0 spiro atoms. The second-order valence-corrected chi connectivity index (χ2v) is 3.27. The summed E-state index contributed by atoms with van der Waals surface area (Å²) in [6, 6.07) is 0. The maximum absolute atomic E-state index is 11.6. The Labute approximate surface area is 82.3 Å². The Morgan fingerprint density at radius 2 is 2.43 bits per heavy atom. The zero-order valence-electron chi connectivity index (χ0n) is 8.04. The molecule has 0 aromatic carbocycles. The van der Waals surface area contributed by atoms with Crippen molar-refractivity contribution in [1.29, 1.82) is 0 Å². The lowest BCUT2D eigenvalue weighted by Crippen LogP contribution is -2.20. The molecule has 4 heteroatoms. The Hall–Kier alpha value is -1.26. The number of carbonyl (C=O) groups excluding carboxylic acids is 1. The standard InChI is InChI=1S/C10H12N2O2/c1-11-4-10(13)8-3-12-2-7-5-14-6-9(7)8/h2-3,11H,4-6H2,1H3. The highest BCUT2D eigenvalue weighted by Crippen LogP contribution is 2.22. The lowest BCUT2D eigenvalue weighted by Gasteiger charge is -2.04. The third-order valence-electron chi connectivity index (χ3n) is 2.29. The van der Waals surface area contributed by atoms with Gasteiger partial charge in [-0.05, 0) is 12.6 Å². The average Bonchev–Trinajstić information content (AvgIpc) is 2.65. The van der Waals surface area contributed by atoms with Crippen LogP contribution >= 0.6 is 0 Å². The van der Waals surface area contributed by atoms with Gasteiger partial charge in [-0.25, -0.2) is 0 Å². The zero-order valence-corrected chi connectivity index (χ0v) is 8.04. The molecule has 0 fully saturated rings. The Bertz CT molecular complexity index is 363. The van der Waals surface area contributed by atoms with Crippen LogP contribution in [0.3, 0.4) is 0 Å². The Morgan fingerprint density at radius 3 is 3.21 bits per heavy atom. The summed E-state index contributed by atoms with van der Waals surface area (Å²) in [4.78, 5) is 15.7. The molecule has 0 aliphatic carbocycles. The maximum atomic E-state index is 11.6. The minimum absolute atomic E-state index is 0.0716. The first-order valence-electron chi connectivity index (χ1n) is 4.54. The molecule has 1 aliphatic heterocycles. The third kappa shape index (κ3) is 1.54. The van der Waals surface area contributed by atoms with E-state index in [0.29, 0.717) is 25.3 Å². The van der Waals surface area contributed by atoms with Gasteiger partial charge in [-0.15, -0.1) is 0 Å². The van der Waals surface area contributed by atoms with Crippen molar-refractivity contribution in [2.45, 2.75) is 13.2 Å². The molecular weight excluding hydrogens is 180 g/mol. The smallest absolute Gasteiger partial charge is 0.178 e. The second kappa shape index (κ2) is 3.86. The summed E-state index contributed by atoms with van der Waals surface area (Å²) >= 11 is 0. The molecule has 0 radical (unpaired) electrons. The van der Waals surface area contributed by atoms with Gasteiger partial charge in [0.25, 0.3) is 0 Å². The summed E-state index contributed by atoms with van der Waals surface area (Å²) in [5.74, 6) is 0.0716. The molecule has 74 valence electrons. The highest BCUT2D eigenvalue weighted by Gasteiger charge is 2.19. The number of Topliss-reactive ketones (excluding diaryl/α,β-unsaturated/α-hetero) is 1. The predicted molar refractivity (Wildman–Crippen MR) is 51.0 cm³/mol. The molecule has 0 amide bonds. The Kier molecular flexibility index (Phi) is 2.56. The van der Waals surface area contributed by atoms with Gasteiger partial charge in [-0.1, -0.05) is 0 Å². The van der Waals surface area contributed by atoms with Crippen LogP contribution in [0, 0.1) is 0 Å². The molecule has 1 aromatic heterocycles. The van der Waals surface area contributed by atoms with Crippen LogP contribution in [0.5, 0.6) is 0 Å². The molecule has 0 bridgehead atoms. The van der Waals surface area contributed by atoms with Crippen molar-refractivity contribution in [3.63, 3.8) is 0 Å². The number of fused-ring (bicyclic) bond motifs is 1. The van der Waals surface area contributed by atoms with Gasteiger partial charge >= 0.3 is 0 Å². The van der Waals surface area contributed by atoms with E-state index >= 15 is 0 Å². The molecule has 2 rings (SSSR count). The summed E-state index contributed by atoms with van der Waals surface area (Å²) in [6.07, 6.45) is 3.38. The lowest BCUT2D eigenvalue weighted by molar-refractivity contribution is 0.0987. The number of ketones is 1. The molecule has 1 aromatic rings. The predicted octanol–water partition coefficient (Wildman–Crippen LogP) is 0.514. The quantitative estimate of drug-likeness (QED) is 0.709. The van der Waals surface area contributed by atoms with Crippen molar-refractivity contribution in [3.8, 4) is 0 Å². The average molecular weight is 192 g/mol. The number of ether oxygens (including phenoxy) is 1. The van der Waals surface area contributed by atoms with Gasteiger partial charge in [0.1, 0.15) is 0 Å². The van der Waals surface area contributed by atoms with Gasteiger partial charge < -0.3 is 10.1 Å². The Morgan fingerprint density at radius 1 is 1.57 bits per heavy atom. The summed E-state index contributed by atoms with van der Waals surface area (Å²) in [5.41, 5.74) is 2.72. The van der Waals surface area contributed by atoms with E-state index in [4.69, 9.17) is 4.74 Å². The molecule has 2 heterocycles. The van der Waals surface area contributed by atoms with Gasteiger partial charge in [-0.3, -0.25) is 9.78 Å². The van der Waals surface area contributed by atoms with E-state index in [1.54, 1.807) is 19.4 Å². The number of likely N-dealkylation sites (N-methyl/N-ethyl adjacent to an activating group) is 1. The number of nitrogens with one attached hydrogen (secondary N) is 1. The number of hydrogen-bond donors (Lipinski definition) is 1. The van der Waals surface area contributed by atoms with Gasteiger partial charge in [0.2, 0.25) is 0 Å². The normalized spacial score (nSPS) is 14.1. The molecule has 0 saturated carbocycles. The van der Waals surface area contributed by atoms with Gasteiger partial charge in [-0.2, -0.15) is 0 Å². The van der Waals surface area contributed by atoms with Gasteiger partial charge in [0, 0.05) is 23.5 Å². The van der Waals surface area contributed by atoms with E-state index in [0.717, 1.165) is 11.1 Å². The topological polar surface area (TPSA) is 51.2 Å². The van der Waals surface area contributed by atoms with Crippen LogP contribution in [0.4, 0.5) is 0 Å². The highest BCUT2D eigenvalue weighted by molar-refractivity contribution is 5.99. The molecule has 14 heavy (non-hydrogen) atoms. The fraction of sp³-hybridized carbons (Fsp3) is 0.400. The molecule has 4 nitrogen and oxygen atoms in total. The van der Waals surface area contributed by atoms with Crippen LogP contribution in [0.15, 0.2) is 12.4 Å². The monoisotopic (exact) mass is 192 g/mol. The summed E-state index contributed by atoms with van der Waals surface area (Å²) < 4.78 is 5.27. The van der Waals surface area contributed by atoms with Crippen molar-refractivity contribution in [1.82, 2.24) is 10.3 Å². The maximum Gasteiger partial charge on any atom is 0.178 e. The van der Waals surface area contributed by atoms with Crippen LogP contribution in [0.1, 0.15) is 21.5 Å². The summed E-state index contributed by atoms with van der Waals surface area (Å²) in [7, 11) is 1.75. The van der Waals surface area contributed by atoms with Crippen LogP contribution < -0.4 is 5.32 Å². The fourth-order valence-electron chi connectivity index (χ4n) is 1.58. The highest BCUT2D eigenvalue weighted by atomic mass is 16.5. The fourth-order valence-corrected chi connectivity index (χ4v) is 1.58. The zero-order chi connectivity index (χ0) is 9.97. The van der Waals surface area contributed by atoms with Crippen LogP contribution in [0.25, 0.3) is 0 Å². The number of carbonyl (C=O) groups is 1. The number of rotatable bonds is 3. The van der Waals surface area contributed by atoms with Crippen molar-refractivity contribution >= 4 is 5.78 Å². The minimum Gasteiger partial charge on any atom is -0.372 e. The van der Waals surface area contributed by atoms with Gasteiger partial charge in [0.15, 0.2) is 5.78 Å². The van der Waals surface area contributed by atoms with E-state index in [1.165, 1.54) is 0 Å². The SMILES string of the molecule is CNCC(=O)c1cncc2c1COC2. The van der Waals surface area contributed by atoms with Crippen LogP contribution in [-0.4, -0.2) is 24.4 Å². The molecular formula is C10H12N2O2. The number of pyridine rings is 1. The first-order valence-corrected chi connectivity index (χ1v) is 4.54. The lowest BCUT2D eigenvalue weighted by atomic mass is 10.0. The largest absolute Gasteiger partial charge is 0.372 e. The van der Waals surface area contributed by atoms with E-state index in [2.05, 4.69) is 10.3 Å². The Balaban J connectivity index is 2.34. The summed E-state index contributed by atoms with van der Waals surface area (Å²) in [5, 5.41) is 2.84. The summed E-state index contributed by atoms with van der Waals surface area (Å²) in [6.45, 7) is 1.45. The molecule has 0 atom stereocenters. The molecule has 0 unspecified atom stereocenters. The minimum atomic E-state index is 0.0716. The van der Waals surface area contributed by atoms with Crippen LogP contribution in [0.2, 0.25) is 0 Å².